The Balaban J connectivity index is 1.45. The van der Waals surface area contributed by atoms with E-state index in [2.05, 4.69) is 30.4 Å². The third-order valence-electron chi connectivity index (χ3n) is 6.66. The summed E-state index contributed by atoms with van der Waals surface area (Å²) >= 11 is 0. The summed E-state index contributed by atoms with van der Waals surface area (Å²) in [6.07, 6.45) is 9.10. The summed E-state index contributed by atoms with van der Waals surface area (Å²) in [6, 6.07) is 16.6. The first kappa shape index (κ1) is 18.3. The normalized spacial score (nSPS) is 24.0. The standard InChI is InChI=1S/C25H31NO/c1-2-20-15-19-7-6-10-22(16-19)24-17-18(11-12-23(20)24)13-14-26-25(27)21-8-4-3-5-9-21/h3-5,8-9,11-12,17,19-20,22H,2,6-7,10,13-16H2,1H3,(H,26,27). The number of fused-ring (bicyclic) bond motifs is 4. The number of hydrogen-bond donors (Lipinski definition) is 1. The zero-order valence-electron chi connectivity index (χ0n) is 16.4. The molecular formula is C25H31NO. The number of hydrogen-bond acceptors (Lipinski definition) is 1. The monoisotopic (exact) mass is 361 g/mol. The topological polar surface area (TPSA) is 29.1 Å². The number of carbonyl (C=O) groups is 1. The molecule has 3 unspecified atom stereocenters. The number of benzene rings is 2. The molecule has 2 bridgehead atoms. The molecule has 0 spiro atoms. The van der Waals surface area contributed by atoms with Crippen molar-refractivity contribution in [2.75, 3.05) is 6.54 Å². The van der Waals surface area contributed by atoms with Crippen molar-refractivity contribution in [3.05, 3.63) is 70.8 Å². The van der Waals surface area contributed by atoms with Crippen LogP contribution >= 0.6 is 0 Å². The highest BCUT2D eigenvalue weighted by atomic mass is 16.1. The van der Waals surface area contributed by atoms with Gasteiger partial charge in [0, 0.05) is 12.1 Å². The molecule has 0 heterocycles. The Morgan fingerprint density at radius 3 is 2.70 bits per heavy atom. The van der Waals surface area contributed by atoms with Crippen molar-refractivity contribution in [1.29, 1.82) is 0 Å². The van der Waals surface area contributed by atoms with Crippen LogP contribution in [0.3, 0.4) is 0 Å². The quantitative estimate of drug-likeness (QED) is 0.713. The Bertz CT molecular complexity index is 782. The molecule has 1 amide bonds. The van der Waals surface area contributed by atoms with Crippen molar-refractivity contribution < 1.29 is 4.79 Å². The molecule has 0 radical (unpaired) electrons. The van der Waals surface area contributed by atoms with E-state index in [1.54, 1.807) is 11.1 Å². The lowest BCUT2D eigenvalue weighted by Gasteiger charge is -2.27. The predicted octanol–water partition coefficient (Wildman–Crippen LogP) is 5.83. The van der Waals surface area contributed by atoms with Gasteiger partial charge in [0.2, 0.25) is 0 Å². The summed E-state index contributed by atoms with van der Waals surface area (Å²) in [7, 11) is 0. The van der Waals surface area contributed by atoms with Crippen LogP contribution in [0.4, 0.5) is 0 Å². The van der Waals surface area contributed by atoms with Crippen molar-refractivity contribution in [3.63, 3.8) is 0 Å². The molecule has 2 heteroatoms. The Hall–Kier alpha value is -2.09. The summed E-state index contributed by atoms with van der Waals surface area (Å²) in [5.74, 6) is 2.44. The number of rotatable bonds is 5. The third-order valence-corrected chi connectivity index (χ3v) is 6.66. The van der Waals surface area contributed by atoms with Crippen LogP contribution in [0, 0.1) is 5.92 Å². The molecule has 27 heavy (non-hydrogen) atoms. The summed E-state index contributed by atoms with van der Waals surface area (Å²) < 4.78 is 0. The highest BCUT2D eigenvalue weighted by Gasteiger charge is 2.32. The van der Waals surface area contributed by atoms with Gasteiger partial charge in [0.05, 0.1) is 0 Å². The zero-order valence-corrected chi connectivity index (χ0v) is 16.4. The third kappa shape index (κ3) is 4.10. The van der Waals surface area contributed by atoms with E-state index < -0.39 is 0 Å². The van der Waals surface area contributed by atoms with E-state index in [-0.39, 0.29) is 5.91 Å². The van der Waals surface area contributed by atoms with Gasteiger partial charge in [-0.15, -0.1) is 0 Å². The SMILES string of the molecule is CCC1CC2CCCC(C2)c2cc(CCNC(=O)c3ccccc3)ccc21. The molecule has 1 saturated carbocycles. The lowest BCUT2D eigenvalue weighted by molar-refractivity contribution is 0.0954. The molecule has 3 atom stereocenters. The molecule has 2 aromatic rings. The van der Waals surface area contributed by atoms with E-state index >= 15 is 0 Å². The smallest absolute Gasteiger partial charge is 0.251 e. The second-order valence-corrected chi connectivity index (χ2v) is 8.41. The number of amides is 1. The van der Waals surface area contributed by atoms with Crippen molar-refractivity contribution >= 4 is 5.91 Å². The predicted molar refractivity (Wildman–Crippen MR) is 111 cm³/mol. The van der Waals surface area contributed by atoms with Gasteiger partial charge < -0.3 is 5.32 Å². The van der Waals surface area contributed by atoms with Crippen LogP contribution in [0.5, 0.6) is 0 Å². The van der Waals surface area contributed by atoms with Crippen LogP contribution in [-0.2, 0) is 6.42 Å². The molecule has 2 nitrogen and oxygen atoms in total. The maximum Gasteiger partial charge on any atom is 0.251 e. The van der Waals surface area contributed by atoms with Gasteiger partial charge >= 0.3 is 0 Å². The van der Waals surface area contributed by atoms with Crippen LogP contribution in [0.2, 0.25) is 0 Å². The van der Waals surface area contributed by atoms with Crippen LogP contribution in [0.1, 0.15) is 84.3 Å². The minimum absolute atomic E-state index is 0.0199. The maximum absolute atomic E-state index is 12.2. The first-order valence-corrected chi connectivity index (χ1v) is 10.7. The van der Waals surface area contributed by atoms with Gasteiger partial charge in [0.15, 0.2) is 0 Å². The molecule has 0 saturated heterocycles. The van der Waals surface area contributed by atoms with Crippen molar-refractivity contribution in [2.45, 2.75) is 63.7 Å². The van der Waals surface area contributed by atoms with E-state index in [9.17, 15) is 4.79 Å². The molecule has 1 N–H and O–H groups in total. The lowest BCUT2D eigenvalue weighted by atomic mass is 9.78. The zero-order chi connectivity index (χ0) is 18.6. The van der Waals surface area contributed by atoms with E-state index in [1.165, 1.54) is 44.1 Å². The minimum Gasteiger partial charge on any atom is -0.352 e. The fourth-order valence-electron chi connectivity index (χ4n) is 5.22. The first-order valence-electron chi connectivity index (χ1n) is 10.7. The van der Waals surface area contributed by atoms with Gasteiger partial charge in [-0.05, 0) is 78.7 Å². The van der Waals surface area contributed by atoms with E-state index in [1.807, 2.05) is 30.3 Å². The Kier molecular flexibility index (Phi) is 5.61. The molecular weight excluding hydrogens is 330 g/mol. The molecule has 4 rings (SSSR count). The van der Waals surface area contributed by atoms with Crippen LogP contribution in [0.15, 0.2) is 48.5 Å². The summed E-state index contributed by atoms with van der Waals surface area (Å²) in [6.45, 7) is 3.04. The molecule has 142 valence electrons. The van der Waals surface area contributed by atoms with Crippen molar-refractivity contribution in [3.8, 4) is 0 Å². The molecule has 0 aromatic heterocycles. The number of nitrogens with one attached hydrogen (secondary N) is 1. The fourth-order valence-corrected chi connectivity index (χ4v) is 5.22. The summed E-state index contributed by atoms with van der Waals surface area (Å²) in [5, 5.41) is 3.06. The summed E-state index contributed by atoms with van der Waals surface area (Å²) in [5.41, 5.74) is 5.33. The van der Waals surface area contributed by atoms with Gasteiger partial charge in [0.1, 0.15) is 0 Å². The van der Waals surface area contributed by atoms with Crippen LogP contribution in [-0.4, -0.2) is 12.5 Å². The van der Waals surface area contributed by atoms with E-state index in [0.29, 0.717) is 6.54 Å². The molecule has 0 aliphatic heterocycles. The van der Waals surface area contributed by atoms with Gasteiger partial charge in [-0.1, -0.05) is 56.2 Å². The average molecular weight is 362 g/mol. The van der Waals surface area contributed by atoms with Crippen LogP contribution < -0.4 is 5.32 Å². The molecule has 2 aromatic carbocycles. The Morgan fingerprint density at radius 1 is 1.04 bits per heavy atom. The second kappa shape index (κ2) is 8.29. The molecule has 2 aliphatic carbocycles. The highest BCUT2D eigenvalue weighted by molar-refractivity contribution is 5.94. The van der Waals surface area contributed by atoms with Gasteiger partial charge in [-0.3, -0.25) is 4.79 Å². The number of carbonyl (C=O) groups excluding carboxylic acids is 1. The largest absolute Gasteiger partial charge is 0.352 e. The van der Waals surface area contributed by atoms with Gasteiger partial charge in [-0.25, -0.2) is 0 Å². The van der Waals surface area contributed by atoms with Crippen LogP contribution in [0.25, 0.3) is 0 Å². The maximum atomic E-state index is 12.2. The summed E-state index contributed by atoms with van der Waals surface area (Å²) in [4.78, 5) is 12.2. The van der Waals surface area contributed by atoms with Gasteiger partial charge in [-0.2, -0.15) is 0 Å². The van der Waals surface area contributed by atoms with E-state index in [0.717, 1.165) is 29.7 Å². The second-order valence-electron chi connectivity index (χ2n) is 8.41. The molecule has 2 aliphatic rings. The fraction of sp³-hybridized carbons (Fsp3) is 0.480. The van der Waals surface area contributed by atoms with Crippen molar-refractivity contribution in [1.82, 2.24) is 5.32 Å². The Morgan fingerprint density at radius 2 is 1.89 bits per heavy atom. The minimum atomic E-state index is 0.0199. The van der Waals surface area contributed by atoms with E-state index in [4.69, 9.17) is 0 Å². The molecule has 1 fully saturated rings. The van der Waals surface area contributed by atoms with Crippen molar-refractivity contribution in [2.24, 2.45) is 5.92 Å². The average Bonchev–Trinajstić information content (AvgIpc) is 2.82. The lowest BCUT2D eigenvalue weighted by Crippen LogP contribution is -2.25. The highest BCUT2D eigenvalue weighted by Crippen LogP contribution is 2.47. The van der Waals surface area contributed by atoms with Gasteiger partial charge in [0.25, 0.3) is 5.91 Å². The first-order chi connectivity index (χ1) is 13.2. The Labute approximate surface area is 163 Å².